The highest BCUT2D eigenvalue weighted by Crippen LogP contribution is 2.44. The fraction of sp³-hybridized carbons (Fsp3) is 0. The highest BCUT2D eigenvalue weighted by Gasteiger charge is 2.29. The lowest BCUT2D eigenvalue weighted by Crippen LogP contribution is -1.99. The Labute approximate surface area is 187 Å². The van der Waals surface area contributed by atoms with Gasteiger partial charge in [0.15, 0.2) is 11.5 Å². The van der Waals surface area contributed by atoms with Crippen molar-refractivity contribution in [2.24, 2.45) is 10.2 Å². The minimum atomic E-state index is -4.77. The predicted molar refractivity (Wildman–Crippen MR) is 124 cm³/mol. The monoisotopic (exact) mass is 460 g/mol. The molecule has 33 heavy (non-hydrogen) atoms. The van der Waals surface area contributed by atoms with Crippen molar-refractivity contribution in [3.8, 4) is 16.9 Å². The summed E-state index contributed by atoms with van der Waals surface area (Å²) in [7, 11) is -4.77. The first-order valence-electron chi connectivity index (χ1n) is 9.67. The largest absolute Gasteiger partial charge is 0.505 e. The van der Waals surface area contributed by atoms with Crippen LogP contribution in [0.15, 0.2) is 75.8 Å². The molecule has 0 fully saturated rings. The van der Waals surface area contributed by atoms with Gasteiger partial charge in [0, 0.05) is 22.3 Å². The van der Waals surface area contributed by atoms with Gasteiger partial charge in [-0.05, 0) is 59.0 Å². The van der Waals surface area contributed by atoms with Gasteiger partial charge in [0.2, 0.25) is 0 Å². The molecule has 0 atom stereocenters. The van der Waals surface area contributed by atoms with Crippen molar-refractivity contribution in [2.75, 3.05) is 11.5 Å². The molecule has 0 radical (unpaired) electrons. The molecule has 0 unspecified atom stereocenters. The molecule has 1 aliphatic rings. The van der Waals surface area contributed by atoms with Gasteiger partial charge in [-0.2, -0.15) is 8.42 Å². The number of rotatable bonds is 3. The summed E-state index contributed by atoms with van der Waals surface area (Å²) in [6.45, 7) is 0. The summed E-state index contributed by atoms with van der Waals surface area (Å²) in [6, 6.07) is 15.6. The average Bonchev–Trinajstić information content (AvgIpc) is 3.04. The summed E-state index contributed by atoms with van der Waals surface area (Å²) >= 11 is 0. The molecule has 0 saturated heterocycles. The molecule has 0 bridgehead atoms. The number of ketones is 1. The van der Waals surface area contributed by atoms with E-state index in [1.807, 2.05) is 0 Å². The molecule has 0 saturated carbocycles. The van der Waals surface area contributed by atoms with E-state index in [-0.39, 0.29) is 22.4 Å². The van der Waals surface area contributed by atoms with Crippen molar-refractivity contribution in [2.45, 2.75) is 4.90 Å². The zero-order valence-electron chi connectivity index (χ0n) is 16.9. The van der Waals surface area contributed by atoms with Gasteiger partial charge in [0.05, 0.1) is 11.3 Å². The third kappa shape index (κ3) is 3.28. The van der Waals surface area contributed by atoms with Crippen molar-refractivity contribution in [1.29, 1.82) is 0 Å². The Morgan fingerprint density at radius 3 is 2.30 bits per heavy atom. The number of carbonyl (C=O) groups excluding carboxylic acids is 1. The first-order valence-corrected chi connectivity index (χ1v) is 11.1. The van der Waals surface area contributed by atoms with Crippen LogP contribution in [0.5, 0.6) is 5.75 Å². The molecular formula is C23H16N4O5S. The van der Waals surface area contributed by atoms with Crippen LogP contribution in [0, 0.1) is 0 Å². The zero-order valence-corrected chi connectivity index (χ0v) is 17.7. The highest BCUT2D eigenvalue weighted by molar-refractivity contribution is 7.86. The first kappa shape index (κ1) is 20.6. The fourth-order valence-electron chi connectivity index (χ4n) is 3.97. The Morgan fingerprint density at radius 2 is 1.55 bits per heavy atom. The maximum absolute atomic E-state index is 13.0. The number of nitrogens with zero attached hydrogens (tertiary/aromatic N) is 2. The van der Waals surface area contributed by atoms with Gasteiger partial charge in [0.25, 0.3) is 10.1 Å². The van der Waals surface area contributed by atoms with E-state index in [1.54, 1.807) is 36.4 Å². The van der Waals surface area contributed by atoms with Crippen molar-refractivity contribution in [3.63, 3.8) is 0 Å². The van der Waals surface area contributed by atoms with Crippen molar-refractivity contribution < 1.29 is 22.9 Å². The van der Waals surface area contributed by atoms with Crippen molar-refractivity contribution >= 4 is 49.4 Å². The summed E-state index contributed by atoms with van der Waals surface area (Å²) in [5.41, 5.74) is 14.1. The molecule has 4 aromatic carbocycles. The van der Waals surface area contributed by atoms with Gasteiger partial charge in [-0.1, -0.05) is 18.2 Å². The molecule has 6 N–H and O–H groups in total. The van der Waals surface area contributed by atoms with Crippen LogP contribution in [-0.2, 0) is 10.1 Å². The standard InChI is InChI=1S/C23H16N4O5S/c24-12-4-6-14-11(8-12)9-19(33(30,31)32)21(23(14)29)27-26-18-3-1-2-16-15-7-5-13(25)10-17(15)22(28)20(16)18/h1-10,29H,24-25H2,(H,30,31,32). The number of azo groups is 1. The summed E-state index contributed by atoms with van der Waals surface area (Å²) in [4.78, 5) is 12.4. The second-order valence-corrected chi connectivity index (χ2v) is 8.95. The number of carbonyl (C=O) groups is 1. The Hall–Kier alpha value is -4.28. The van der Waals surface area contributed by atoms with Crippen molar-refractivity contribution in [1.82, 2.24) is 0 Å². The summed E-state index contributed by atoms with van der Waals surface area (Å²) in [6.07, 6.45) is 0. The lowest BCUT2D eigenvalue weighted by atomic mass is 10.0. The number of hydrogen-bond donors (Lipinski definition) is 4. The van der Waals surface area contributed by atoms with Crippen LogP contribution in [0.4, 0.5) is 22.7 Å². The van der Waals surface area contributed by atoms with E-state index in [2.05, 4.69) is 10.2 Å². The molecule has 0 aromatic heterocycles. The average molecular weight is 460 g/mol. The van der Waals surface area contributed by atoms with Gasteiger partial charge < -0.3 is 16.6 Å². The van der Waals surface area contributed by atoms with E-state index in [9.17, 15) is 22.9 Å². The molecule has 1 aliphatic carbocycles. The van der Waals surface area contributed by atoms with Gasteiger partial charge in [-0.3, -0.25) is 9.35 Å². The molecule has 0 heterocycles. The van der Waals surface area contributed by atoms with E-state index >= 15 is 0 Å². The molecule has 9 nitrogen and oxygen atoms in total. The number of phenolic OH excluding ortho intramolecular Hbond substituents is 1. The second kappa shape index (κ2) is 7.12. The van der Waals surface area contributed by atoms with Crippen LogP contribution in [-0.4, -0.2) is 23.9 Å². The fourth-order valence-corrected chi connectivity index (χ4v) is 4.63. The number of hydrogen-bond acceptors (Lipinski definition) is 8. The van der Waals surface area contributed by atoms with Crippen LogP contribution >= 0.6 is 0 Å². The minimum Gasteiger partial charge on any atom is -0.505 e. The van der Waals surface area contributed by atoms with E-state index in [0.29, 0.717) is 33.5 Å². The summed E-state index contributed by atoms with van der Waals surface area (Å²) in [5, 5.41) is 19.3. The quantitative estimate of drug-likeness (QED) is 0.173. The van der Waals surface area contributed by atoms with Crippen LogP contribution < -0.4 is 11.5 Å². The van der Waals surface area contributed by atoms with Crippen LogP contribution in [0.2, 0.25) is 0 Å². The number of phenols is 1. The Morgan fingerprint density at radius 1 is 0.818 bits per heavy atom. The predicted octanol–water partition coefficient (Wildman–Crippen LogP) is 4.58. The normalized spacial score (nSPS) is 12.9. The maximum atomic E-state index is 13.0. The topological polar surface area (TPSA) is 168 Å². The summed E-state index contributed by atoms with van der Waals surface area (Å²) < 4.78 is 33.7. The molecule has 5 rings (SSSR count). The molecular weight excluding hydrogens is 444 g/mol. The van der Waals surface area contributed by atoms with E-state index in [4.69, 9.17) is 11.5 Å². The van der Waals surface area contributed by atoms with Crippen LogP contribution in [0.3, 0.4) is 0 Å². The van der Waals surface area contributed by atoms with E-state index < -0.39 is 26.5 Å². The lowest BCUT2D eigenvalue weighted by molar-refractivity contribution is 0.104. The number of fused-ring (bicyclic) bond motifs is 4. The lowest BCUT2D eigenvalue weighted by Gasteiger charge is -2.09. The third-order valence-electron chi connectivity index (χ3n) is 5.46. The number of benzene rings is 4. The van der Waals surface area contributed by atoms with Crippen LogP contribution in [0.25, 0.3) is 21.9 Å². The molecule has 0 aliphatic heterocycles. The first-order chi connectivity index (χ1) is 15.6. The molecule has 0 spiro atoms. The minimum absolute atomic E-state index is 0.172. The van der Waals surface area contributed by atoms with Gasteiger partial charge in [-0.15, -0.1) is 10.2 Å². The highest BCUT2D eigenvalue weighted by atomic mass is 32.2. The SMILES string of the molecule is Nc1ccc2c(c1)C(=O)c1c(N=Nc3c(S(=O)(=O)O)cc4cc(N)ccc4c3O)cccc1-2. The number of aromatic hydroxyl groups is 1. The van der Waals surface area contributed by atoms with Gasteiger partial charge >= 0.3 is 0 Å². The Bertz CT molecular complexity index is 1640. The van der Waals surface area contributed by atoms with Crippen LogP contribution in [0.1, 0.15) is 15.9 Å². The van der Waals surface area contributed by atoms with E-state index in [0.717, 1.165) is 6.07 Å². The Balaban J connectivity index is 1.69. The number of anilines is 2. The second-order valence-electron chi connectivity index (χ2n) is 7.56. The molecule has 10 heteroatoms. The third-order valence-corrected chi connectivity index (χ3v) is 6.33. The summed E-state index contributed by atoms with van der Waals surface area (Å²) in [5.74, 6) is -0.797. The molecule has 4 aromatic rings. The molecule has 164 valence electrons. The number of nitrogens with two attached hydrogens (primary N) is 2. The van der Waals surface area contributed by atoms with Crippen molar-refractivity contribution in [3.05, 3.63) is 71.8 Å². The number of nitrogen functional groups attached to an aromatic ring is 2. The van der Waals surface area contributed by atoms with Gasteiger partial charge in [-0.25, -0.2) is 0 Å². The molecule has 0 amide bonds. The zero-order chi connectivity index (χ0) is 23.5. The Kier molecular flexibility index (Phi) is 4.45. The maximum Gasteiger partial charge on any atom is 0.296 e. The van der Waals surface area contributed by atoms with E-state index in [1.165, 1.54) is 18.2 Å². The smallest absolute Gasteiger partial charge is 0.296 e. The van der Waals surface area contributed by atoms with Gasteiger partial charge in [0.1, 0.15) is 10.6 Å².